The second-order valence-corrected chi connectivity index (χ2v) is 4.26. The van der Waals surface area contributed by atoms with Gasteiger partial charge in [-0.15, -0.1) is 0 Å². The lowest BCUT2D eigenvalue weighted by Gasteiger charge is -2.16. The minimum Gasteiger partial charge on any atom is -0.463 e. The average molecular weight is 202 g/mol. The molecule has 14 heavy (non-hydrogen) atoms. The molecule has 1 saturated heterocycles. The quantitative estimate of drug-likeness (QED) is 0.523. The van der Waals surface area contributed by atoms with Gasteiger partial charge >= 0.3 is 5.97 Å². The number of hydrogen-bond donors (Lipinski definition) is 1. The van der Waals surface area contributed by atoms with Crippen LogP contribution in [0.15, 0.2) is 0 Å². The number of esters is 1. The van der Waals surface area contributed by atoms with Gasteiger partial charge in [-0.05, 0) is 11.8 Å². The van der Waals surface area contributed by atoms with E-state index in [4.69, 9.17) is 14.6 Å². The zero-order valence-electron chi connectivity index (χ0n) is 8.95. The van der Waals surface area contributed by atoms with Gasteiger partial charge in [-0.3, -0.25) is 0 Å². The predicted molar refractivity (Wildman–Crippen MR) is 50.7 cm³/mol. The third-order valence-electron chi connectivity index (χ3n) is 2.74. The van der Waals surface area contributed by atoms with Crippen LogP contribution in [-0.2, 0) is 14.3 Å². The number of epoxide rings is 1. The van der Waals surface area contributed by atoms with Crippen LogP contribution in [0.25, 0.3) is 0 Å². The van der Waals surface area contributed by atoms with Crippen LogP contribution in [-0.4, -0.2) is 36.5 Å². The van der Waals surface area contributed by atoms with Gasteiger partial charge in [-0.2, -0.15) is 0 Å². The van der Waals surface area contributed by atoms with Gasteiger partial charge in [0, 0.05) is 0 Å². The zero-order chi connectivity index (χ0) is 10.8. The minimum absolute atomic E-state index is 0.276. The van der Waals surface area contributed by atoms with Crippen molar-refractivity contribution in [3.63, 3.8) is 0 Å². The van der Waals surface area contributed by atoms with Gasteiger partial charge in [-0.25, -0.2) is 4.79 Å². The second-order valence-electron chi connectivity index (χ2n) is 4.26. The molecule has 0 aliphatic carbocycles. The van der Waals surface area contributed by atoms with Gasteiger partial charge in [-0.1, -0.05) is 20.8 Å². The van der Waals surface area contributed by atoms with E-state index in [0.29, 0.717) is 18.4 Å². The highest BCUT2D eigenvalue weighted by Crippen LogP contribution is 2.28. The van der Waals surface area contributed by atoms with Crippen LogP contribution in [0.4, 0.5) is 0 Å². The van der Waals surface area contributed by atoms with Crippen molar-refractivity contribution in [2.45, 2.75) is 26.4 Å². The van der Waals surface area contributed by atoms with Crippen LogP contribution in [0.1, 0.15) is 20.8 Å². The fourth-order valence-corrected chi connectivity index (χ4v) is 0.892. The summed E-state index contributed by atoms with van der Waals surface area (Å²) < 4.78 is 9.93. The van der Waals surface area contributed by atoms with E-state index in [-0.39, 0.29) is 13.2 Å². The molecule has 1 aliphatic rings. The van der Waals surface area contributed by atoms with Crippen molar-refractivity contribution in [3.05, 3.63) is 0 Å². The van der Waals surface area contributed by atoms with Crippen LogP contribution in [0, 0.1) is 11.8 Å². The predicted octanol–water partition coefficient (Wildman–Crippen LogP) is 0.583. The number of carbonyl (C=O) groups excluding carboxylic acids is 1. The van der Waals surface area contributed by atoms with Gasteiger partial charge in [0.2, 0.25) is 5.60 Å². The standard InChI is InChI=1S/C10H18O4/c1-7(2)8(3)4-13-9(12)10(5-11)6-14-10/h7-8,11H,4-6H2,1-3H3. The van der Waals surface area contributed by atoms with Crippen LogP contribution in [0.5, 0.6) is 0 Å². The molecule has 4 heteroatoms. The Bertz CT molecular complexity index is 208. The number of carbonyl (C=O) groups is 1. The highest BCUT2D eigenvalue weighted by molar-refractivity contribution is 5.82. The second kappa shape index (κ2) is 4.28. The molecule has 0 bridgehead atoms. The van der Waals surface area contributed by atoms with Gasteiger partial charge in [0.05, 0.1) is 19.8 Å². The molecule has 4 nitrogen and oxygen atoms in total. The van der Waals surface area contributed by atoms with E-state index in [2.05, 4.69) is 13.8 Å². The summed E-state index contributed by atoms with van der Waals surface area (Å²) in [7, 11) is 0. The van der Waals surface area contributed by atoms with Crippen molar-refractivity contribution in [3.8, 4) is 0 Å². The Morgan fingerprint density at radius 2 is 2.14 bits per heavy atom. The fourth-order valence-electron chi connectivity index (χ4n) is 0.892. The Morgan fingerprint density at radius 3 is 2.50 bits per heavy atom. The molecule has 0 spiro atoms. The first-order valence-corrected chi connectivity index (χ1v) is 4.94. The van der Waals surface area contributed by atoms with E-state index in [0.717, 1.165) is 0 Å². The van der Waals surface area contributed by atoms with Crippen molar-refractivity contribution >= 4 is 5.97 Å². The highest BCUT2D eigenvalue weighted by atomic mass is 16.7. The lowest BCUT2D eigenvalue weighted by Crippen LogP contribution is -2.32. The summed E-state index contributed by atoms with van der Waals surface area (Å²) in [5, 5.41) is 8.88. The molecule has 1 heterocycles. The lowest BCUT2D eigenvalue weighted by molar-refractivity contribution is -0.153. The summed E-state index contributed by atoms with van der Waals surface area (Å²) in [6.45, 7) is 6.56. The van der Waals surface area contributed by atoms with Crippen molar-refractivity contribution in [2.75, 3.05) is 19.8 Å². The first-order chi connectivity index (χ1) is 6.52. The summed E-state index contributed by atoms with van der Waals surface area (Å²) in [5.74, 6) is 0.369. The lowest BCUT2D eigenvalue weighted by atomic mass is 9.99. The molecule has 0 aromatic carbocycles. The van der Waals surface area contributed by atoms with Crippen molar-refractivity contribution < 1.29 is 19.4 Å². The molecular formula is C10H18O4. The van der Waals surface area contributed by atoms with Gasteiger partial charge < -0.3 is 14.6 Å². The van der Waals surface area contributed by atoms with E-state index in [1.165, 1.54) is 0 Å². The van der Waals surface area contributed by atoms with Crippen molar-refractivity contribution in [1.82, 2.24) is 0 Å². The SMILES string of the molecule is CC(C)C(C)COC(=O)C1(CO)CO1. The first-order valence-electron chi connectivity index (χ1n) is 4.94. The van der Waals surface area contributed by atoms with Crippen LogP contribution in [0.3, 0.4) is 0 Å². The third kappa shape index (κ3) is 2.45. The Morgan fingerprint density at radius 1 is 1.57 bits per heavy atom. The highest BCUT2D eigenvalue weighted by Gasteiger charge is 2.53. The average Bonchev–Trinajstić information content (AvgIpc) is 2.93. The molecule has 0 radical (unpaired) electrons. The van der Waals surface area contributed by atoms with Crippen LogP contribution in [0.2, 0.25) is 0 Å². The van der Waals surface area contributed by atoms with Crippen LogP contribution >= 0.6 is 0 Å². The van der Waals surface area contributed by atoms with Gasteiger partial charge in [0.25, 0.3) is 0 Å². The number of hydrogen-bond acceptors (Lipinski definition) is 4. The summed E-state index contributed by atoms with van der Waals surface area (Å²) >= 11 is 0. The molecule has 0 saturated carbocycles. The normalized spacial score (nSPS) is 27.5. The molecule has 0 aromatic heterocycles. The molecule has 82 valence electrons. The molecule has 1 N–H and O–H groups in total. The molecule has 1 aliphatic heterocycles. The fraction of sp³-hybridized carbons (Fsp3) is 0.900. The minimum atomic E-state index is -1.03. The number of aliphatic hydroxyl groups is 1. The third-order valence-corrected chi connectivity index (χ3v) is 2.74. The van der Waals surface area contributed by atoms with Crippen molar-refractivity contribution in [1.29, 1.82) is 0 Å². The molecule has 2 atom stereocenters. The van der Waals surface area contributed by atoms with E-state index < -0.39 is 11.6 Å². The molecule has 1 rings (SSSR count). The largest absolute Gasteiger partial charge is 0.463 e. The summed E-state index contributed by atoms with van der Waals surface area (Å²) in [6, 6.07) is 0. The Balaban J connectivity index is 2.28. The molecule has 2 unspecified atom stereocenters. The van der Waals surface area contributed by atoms with Gasteiger partial charge in [0.1, 0.15) is 0 Å². The summed E-state index contributed by atoms with van der Waals surface area (Å²) in [6.07, 6.45) is 0. The molecule has 0 amide bonds. The van der Waals surface area contributed by atoms with E-state index in [1.54, 1.807) is 0 Å². The maximum Gasteiger partial charge on any atom is 0.343 e. The smallest absolute Gasteiger partial charge is 0.343 e. The maximum atomic E-state index is 11.4. The number of aliphatic hydroxyl groups excluding tert-OH is 1. The topological polar surface area (TPSA) is 59.1 Å². The summed E-state index contributed by atoms with van der Waals surface area (Å²) in [5.41, 5.74) is -1.03. The Labute approximate surface area is 84.2 Å². The van der Waals surface area contributed by atoms with Crippen molar-refractivity contribution in [2.24, 2.45) is 11.8 Å². The number of ether oxygens (including phenoxy) is 2. The monoisotopic (exact) mass is 202 g/mol. The van der Waals surface area contributed by atoms with Crippen LogP contribution < -0.4 is 0 Å². The molecular weight excluding hydrogens is 184 g/mol. The summed E-state index contributed by atoms with van der Waals surface area (Å²) in [4.78, 5) is 11.4. The van der Waals surface area contributed by atoms with E-state index in [9.17, 15) is 4.79 Å². The molecule has 1 fully saturated rings. The first kappa shape index (κ1) is 11.5. The maximum absolute atomic E-state index is 11.4. The van der Waals surface area contributed by atoms with E-state index >= 15 is 0 Å². The van der Waals surface area contributed by atoms with Gasteiger partial charge in [0.15, 0.2) is 0 Å². The Kier molecular flexibility index (Phi) is 3.50. The number of rotatable bonds is 5. The molecule has 0 aromatic rings. The zero-order valence-corrected chi connectivity index (χ0v) is 8.95. The van der Waals surface area contributed by atoms with E-state index in [1.807, 2.05) is 6.92 Å². The Hall–Kier alpha value is -0.610.